The number of amides is 1. The minimum absolute atomic E-state index is 0.00819. The molecule has 13 nitrogen and oxygen atoms in total. The van der Waals surface area contributed by atoms with Gasteiger partial charge in [-0.05, 0) is 31.6 Å². The molecule has 6 atom stereocenters. The molecule has 1 amide bonds. The fourth-order valence-corrected chi connectivity index (χ4v) is 6.24. The molecule has 6 unspecified atom stereocenters. The van der Waals surface area contributed by atoms with Gasteiger partial charge in [0.2, 0.25) is 0 Å². The lowest BCUT2D eigenvalue weighted by atomic mass is 9.82. The average molecular weight is 541 g/mol. The molecule has 4 aliphatic rings. The van der Waals surface area contributed by atoms with E-state index in [0.717, 1.165) is 0 Å². The van der Waals surface area contributed by atoms with Gasteiger partial charge in [0, 0.05) is 17.8 Å². The molecule has 0 radical (unpaired) electrons. The Balaban J connectivity index is 0.000000211. The van der Waals surface area contributed by atoms with Gasteiger partial charge in [0.05, 0.1) is 65.7 Å². The standard InChI is InChI=1S/C13H18O6.C12H18N2O5/c1-17-12(16)10-6-13(4-8(10)7-19-18-2)5-9(14)3-11(13)15;1-7-13-11(16)12(14-7)4-8(6-19-18-3)9(5-12)10(15)17-2/h8,10H,3-7H2,1-2H3;8-9,14H,1,4-6H2,2-3H3,(H,13,16). The van der Waals surface area contributed by atoms with Crippen LogP contribution < -0.4 is 10.6 Å². The number of ketones is 2. The van der Waals surface area contributed by atoms with Gasteiger partial charge in [-0.15, -0.1) is 0 Å². The number of hydrogen-bond acceptors (Lipinski definition) is 12. The van der Waals surface area contributed by atoms with Gasteiger partial charge < -0.3 is 20.1 Å². The maximum atomic E-state index is 12.0. The Morgan fingerprint density at radius 1 is 0.868 bits per heavy atom. The second kappa shape index (κ2) is 12.3. The molecule has 2 N–H and O–H groups in total. The highest BCUT2D eigenvalue weighted by Crippen LogP contribution is 2.52. The predicted octanol–water partition coefficient (Wildman–Crippen LogP) is 0.375. The Labute approximate surface area is 220 Å². The van der Waals surface area contributed by atoms with Crippen molar-refractivity contribution in [3.63, 3.8) is 0 Å². The molecule has 3 aliphatic carbocycles. The summed E-state index contributed by atoms with van der Waals surface area (Å²) in [6.45, 7) is 4.14. The third-order valence-corrected chi connectivity index (χ3v) is 7.96. The zero-order chi connectivity index (χ0) is 28.1. The van der Waals surface area contributed by atoms with E-state index in [1.54, 1.807) is 0 Å². The summed E-state index contributed by atoms with van der Waals surface area (Å²) in [6, 6.07) is 0. The third-order valence-electron chi connectivity index (χ3n) is 7.96. The molecule has 0 bridgehead atoms. The van der Waals surface area contributed by atoms with E-state index in [9.17, 15) is 24.0 Å². The molecule has 1 aliphatic heterocycles. The molecule has 0 aromatic carbocycles. The lowest BCUT2D eigenvalue weighted by molar-refractivity contribution is -0.281. The van der Waals surface area contributed by atoms with Gasteiger partial charge in [0.25, 0.3) is 5.91 Å². The van der Waals surface area contributed by atoms with Gasteiger partial charge in [-0.3, -0.25) is 24.0 Å². The van der Waals surface area contributed by atoms with Crippen LogP contribution in [0.25, 0.3) is 0 Å². The first-order valence-electron chi connectivity index (χ1n) is 12.3. The van der Waals surface area contributed by atoms with Crippen molar-refractivity contribution in [2.24, 2.45) is 29.1 Å². The van der Waals surface area contributed by atoms with E-state index in [0.29, 0.717) is 31.5 Å². The number of carbonyl (C=O) groups is 5. The second-order valence-electron chi connectivity index (χ2n) is 10.2. The van der Waals surface area contributed by atoms with E-state index in [2.05, 4.69) is 27.0 Å². The number of hydrogen-bond donors (Lipinski definition) is 2. The first kappa shape index (κ1) is 29.7. The summed E-state index contributed by atoms with van der Waals surface area (Å²) in [4.78, 5) is 78.1. The van der Waals surface area contributed by atoms with Gasteiger partial charge in [0.15, 0.2) is 0 Å². The maximum absolute atomic E-state index is 12.0. The van der Waals surface area contributed by atoms with Crippen LogP contribution in [0.15, 0.2) is 12.4 Å². The molecular formula is C25H36N2O11. The SMILES string of the molecule is C=C1NC(=O)C2(CC(COOC)C(C(=O)OC)C2)N1.COOCC1CC2(CC(=O)CC2=O)CC1C(=O)OC. The number of carbonyl (C=O) groups excluding carboxylic acids is 5. The van der Waals surface area contributed by atoms with E-state index < -0.39 is 22.8 Å². The molecule has 13 heteroatoms. The summed E-state index contributed by atoms with van der Waals surface area (Å²) < 4.78 is 9.57. The Morgan fingerprint density at radius 2 is 1.42 bits per heavy atom. The number of Topliss-reactive ketones (excluding diaryl/α,β-unsaturated/α-hetero) is 2. The average Bonchev–Trinajstić information content (AvgIpc) is 3.60. The lowest BCUT2D eigenvalue weighted by Crippen LogP contribution is -2.44. The molecule has 4 fully saturated rings. The summed E-state index contributed by atoms with van der Waals surface area (Å²) in [5.41, 5.74) is -1.48. The largest absolute Gasteiger partial charge is 0.469 e. The van der Waals surface area contributed by atoms with Gasteiger partial charge in [-0.2, -0.15) is 0 Å². The first-order valence-corrected chi connectivity index (χ1v) is 12.3. The van der Waals surface area contributed by atoms with Crippen molar-refractivity contribution >= 4 is 29.4 Å². The van der Waals surface area contributed by atoms with Crippen LogP contribution in [0.2, 0.25) is 0 Å². The Morgan fingerprint density at radius 3 is 1.87 bits per heavy atom. The smallest absolute Gasteiger partial charge is 0.309 e. The Bertz CT molecular complexity index is 893. The molecule has 4 rings (SSSR count). The fourth-order valence-electron chi connectivity index (χ4n) is 6.24. The molecule has 0 aromatic heterocycles. The van der Waals surface area contributed by atoms with Gasteiger partial charge in [0.1, 0.15) is 17.1 Å². The van der Waals surface area contributed by atoms with Crippen LogP contribution in [0.1, 0.15) is 38.5 Å². The summed E-state index contributed by atoms with van der Waals surface area (Å²) in [5, 5.41) is 5.67. The predicted molar refractivity (Wildman–Crippen MR) is 127 cm³/mol. The molecule has 2 spiro atoms. The van der Waals surface area contributed by atoms with Crippen LogP contribution in [0.5, 0.6) is 0 Å². The van der Waals surface area contributed by atoms with Crippen molar-refractivity contribution in [3.05, 3.63) is 12.4 Å². The number of nitrogens with one attached hydrogen (secondary N) is 2. The topological polar surface area (TPSA) is 165 Å². The highest BCUT2D eigenvalue weighted by atomic mass is 17.2. The summed E-state index contributed by atoms with van der Waals surface area (Å²) in [7, 11) is 5.45. The number of rotatable bonds is 8. The third kappa shape index (κ3) is 6.06. The van der Waals surface area contributed by atoms with E-state index in [4.69, 9.17) is 19.2 Å². The normalized spacial score (nSPS) is 33.8. The van der Waals surface area contributed by atoms with Crippen LogP contribution in [0.4, 0.5) is 0 Å². The highest BCUT2D eigenvalue weighted by Gasteiger charge is 2.57. The van der Waals surface area contributed by atoms with Gasteiger partial charge >= 0.3 is 11.9 Å². The van der Waals surface area contributed by atoms with Gasteiger partial charge in [-0.25, -0.2) is 19.6 Å². The van der Waals surface area contributed by atoms with Gasteiger partial charge in [-0.1, -0.05) is 6.58 Å². The minimum atomic E-state index is -0.794. The first-order chi connectivity index (χ1) is 18.0. The van der Waals surface area contributed by atoms with Crippen LogP contribution >= 0.6 is 0 Å². The van der Waals surface area contributed by atoms with Crippen LogP contribution in [-0.4, -0.2) is 76.6 Å². The number of ether oxygens (including phenoxy) is 2. The van der Waals surface area contributed by atoms with E-state index >= 15 is 0 Å². The zero-order valence-corrected chi connectivity index (χ0v) is 22.2. The second-order valence-corrected chi connectivity index (χ2v) is 10.2. The Kier molecular flexibility index (Phi) is 9.63. The fraction of sp³-hybridized carbons (Fsp3) is 0.720. The zero-order valence-electron chi connectivity index (χ0n) is 22.2. The lowest BCUT2D eigenvalue weighted by Gasteiger charge is -2.20. The van der Waals surface area contributed by atoms with Crippen LogP contribution in [0, 0.1) is 29.1 Å². The summed E-state index contributed by atoms with van der Waals surface area (Å²) in [6.07, 6.45) is 1.93. The molecule has 1 saturated heterocycles. The van der Waals surface area contributed by atoms with E-state index in [-0.39, 0.29) is 67.3 Å². The number of methoxy groups -OCH3 is 2. The molecule has 3 saturated carbocycles. The monoisotopic (exact) mass is 540 g/mol. The molecular weight excluding hydrogens is 504 g/mol. The molecule has 38 heavy (non-hydrogen) atoms. The summed E-state index contributed by atoms with van der Waals surface area (Å²) in [5.74, 6) is -1.58. The summed E-state index contributed by atoms with van der Waals surface area (Å²) >= 11 is 0. The molecule has 1 heterocycles. The highest BCUT2D eigenvalue weighted by molar-refractivity contribution is 6.09. The minimum Gasteiger partial charge on any atom is -0.469 e. The van der Waals surface area contributed by atoms with E-state index in [1.165, 1.54) is 28.4 Å². The maximum Gasteiger partial charge on any atom is 0.309 e. The van der Waals surface area contributed by atoms with Crippen molar-refractivity contribution in [2.45, 2.75) is 44.1 Å². The number of esters is 2. The van der Waals surface area contributed by atoms with E-state index in [1.807, 2.05) is 0 Å². The Hall–Kier alpha value is -2.87. The van der Waals surface area contributed by atoms with Crippen LogP contribution in [0.3, 0.4) is 0 Å². The molecule has 0 aromatic rings. The van der Waals surface area contributed by atoms with Crippen molar-refractivity contribution in [1.82, 2.24) is 10.6 Å². The quantitative estimate of drug-likeness (QED) is 0.188. The van der Waals surface area contributed by atoms with Crippen molar-refractivity contribution < 1.29 is 53.0 Å². The van der Waals surface area contributed by atoms with Crippen molar-refractivity contribution in [1.29, 1.82) is 0 Å². The molecule has 212 valence electrons. The van der Waals surface area contributed by atoms with Crippen molar-refractivity contribution in [3.8, 4) is 0 Å². The van der Waals surface area contributed by atoms with Crippen LogP contribution in [-0.2, 0) is 53.0 Å². The van der Waals surface area contributed by atoms with Crippen molar-refractivity contribution in [2.75, 3.05) is 41.7 Å².